The molecule has 13 heavy (non-hydrogen) atoms. The molecule has 0 spiro atoms. The van der Waals surface area contributed by atoms with Crippen LogP contribution in [0.4, 0.5) is 0 Å². The van der Waals surface area contributed by atoms with E-state index in [9.17, 15) is 0 Å². The number of nitrogens with zero attached hydrogens (tertiary/aromatic N) is 3. The van der Waals surface area contributed by atoms with Gasteiger partial charge in [0.25, 0.3) is 0 Å². The van der Waals surface area contributed by atoms with Crippen LogP contribution in [0.3, 0.4) is 0 Å². The Kier molecular flexibility index (Phi) is 3.27. The third-order valence-corrected chi connectivity index (χ3v) is 1.82. The minimum atomic E-state index is -0.109. The maximum atomic E-state index is 8.77. The minimum absolute atomic E-state index is 0.109. The Morgan fingerprint density at radius 3 is 2.46 bits per heavy atom. The van der Waals surface area contributed by atoms with Crippen molar-refractivity contribution >= 4 is 6.21 Å². The van der Waals surface area contributed by atoms with E-state index >= 15 is 0 Å². The maximum absolute atomic E-state index is 8.77. The first-order chi connectivity index (χ1) is 6.24. The monoisotopic (exact) mass is 175 g/mol. The molecule has 3 nitrogen and oxygen atoms in total. The van der Waals surface area contributed by atoms with Crippen molar-refractivity contribution in [3.8, 4) is 6.07 Å². The molecule has 0 saturated carbocycles. The summed E-state index contributed by atoms with van der Waals surface area (Å²) in [6.07, 6.45) is 5.36. The molecule has 0 saturated heterocycles. The van der Waals surface area contributed by atoms with Crippen LogP contribution >= 0.6 is 0 Å². The predicted molar refractivity (Wildman–Crippen MR) is 52.3 cm³/mol. The van der Waals surface area contributed by atoms with Crippen LogP contribution in [0, 0.1) is 23.2 Å². The molecule has 1 rings (SSSR count). The fourth-order valence-corrected chi connectivity index (χ4v) is 0.906. The normalized spacial score (nSPS) is 13.4. The molecule has 0 fully saturated rings. The second kappa shape index (κ2) is 4.46. The van der Waals surface area contributed by atoms with Crippen molar-refractivity contribution in [2.24, 2.45) is 16.9 Å². The minimum Gasteiger partial charge on any atom is -0.249 e. The highest BCUT2D eigenvalue weighted by molar-refractivity contribution is 5.64. The van der Waals surface area contributed by atoms with Crippen molar-refractivity contribution in [2.45, 2.75) is 13.8 Å². The van der Waals surface area contributed by atoms with Crippen LogP contribution in [0.1, 0.15) is 13.8 Å². The number of nitriles is 1. The fourth-order valence-electron chi connectivity index (χ4n) is 0.906. The summed E-state index contributed by atoms with van der Waals surface area (Å²) in [5, 5.41) is 12.9. The first-order valence-corrected chi connectivity index (χ1v) is 4.31. The zero-order valence-electron chi connectivity index (χ0n) is 7.88. The van der Waals surface area contributed by atoms with Crippen molar-refractivity contribution in [1.82, 2.24) is 4.68 Å². The molecule has 1 aromatic rings. The van der Waals surface area contributed by atoms with Crippen molar-refractivity contribution in [3.05, 3.63) is 24.5 Å². The van der Waals surface area contributed by atoms with E-state index in [1.54, 1.807) is 10.9 Å². The fraction of sp³-hybridized carbons (Fsp3) is 0.400. The standard InChI is InChI=1S/C10H13N3/c1-9(2)10(7-11)8-12-13-5-3-4-6-13/h3-6,8-10H,1-2H3/b12-8+. The van der Waals surface area contributed by atoms with Crippen LogP contribution in [0.25, 0.3) is 0 Å². The van der Waals surface area contributed by atoms with Gasteiger partial charge in [0.15, 0.2) is 0 Å². The van der Waals surface area contributed by atoms with Crippen molar-refractivity contribution < 1.29 is 0 Å². The van der Waals surface area contributed by atoms with Crippen LogP contribution in [0.2, 0.25) is 0 Å². The highest BCUT2D eigenvalue weighted by Crippen LogP contribution is 2.06. The van der Waals surface area contributed by atoms with Gasteiger partial charge in [-0.2, -0.15) is 10.4 Å². The second-order valence-corrected chi connectivity index (χ2v) is 3.23. The van der Waals surface area contributed by atoms with E-state index in [4.69, 9.17) is 5.26 Å². The van der Waals surface area contributed by atoms with Crippen LogP contribution in [-0.2, 0) is 0 Å². The van der Waals surface area contributed by atoms with E-state index in [-0.39, 0.29) is 5.92 Å². The highest BCUT2D eigenvalue weighted by Gasteiger charge is 2.08. The quantitative estimate of drug-likeness (QED) is 0.649. The number of rotatable bonds is 3. The molecule has 0 aliphatic rings. The number of hydrogen-bond donors (Lipinski definition) is 0. The number of hydrogen-bond acceptors (Lipinski definition) is 2. The van der Waals surface area contributed by atoms with Gasteiger partial charge in [-0.1, -0.05) is 13.8 Å². The topological polar surface area (TPSA) is 41.1 Å². The van der Waals surface area contributed by atoms with Gasteiger partial charge in [-0.3, -0.25) is 0 Å². The third-order valence-electron chi connectivity index (χ3n) is 1.82. The van der Waals surface area contributed by atoms with E-state index in [1.165, 1.54) is 0 Å². The molecule has 1 heterocycles. The Morgan fingerprint density at radius 1 is 1.38 bits per heavy atom. The smallest absolute Gasteiger partial charge is 0.0856 e. The van der Waals surface area contributed by atoms with Gasteiger partial charge in [0.2, 0.25) is 0 Å². The van der Waals surface area contributed by atoms with Gasteiger partial charge in [0, 0.05) is 18.6 Å². The molecular weight excluding hydrogens is 162 g/mol. The third kappa shape index (κ3) is 2.75. The molecular formula is C10H13N3. The molecule has 68 valence electrons. The molecule has 1 unspecified atom stereocenters. The first kappa shape index (κ1) is 9.53. The Bertz CT molecular complexity index is 303. The molecule has 0 amide bonds. The molecule has 1 aromatic heterocycles. The molecule has 0 aromatic carbocycles. The van der Waals surface area contributed by atoms with Crippen LogP contribution in [0.15, 0.2) is 29.6 Å². The summed E-state index contributed by atoms with van der Waals surface area (Å²) >= 11 is 0. The molecule has 0 N–H and O–H groups in total. The molecule has 0 aliphatic carbocycles. The van der Waals surface area contributed by atoms with Crippen molar-refractivity contribution in [2.75, 3.05) is 0 Å². The van der Waals surface area contributed by atoms with E-state index in [0.29, 0.717) is 5.92 Å². The summed E-state index contributed by atoms with van der Waals surface area (Å²) < 4.78 is 1.69. The van der Waals surface area contributed by atoms with Gasteiger partial charge in [-0.25, -0.2) is 4.68 Å². The van der Waals surface area contributed by atoms with Crippen molar-refractivity contribution in [3.63, 3.8) is 0 Å². The number of aromatic nitrogens is 1. The van der Waals surface area contributed by atoms with Crippen molar-refractivity contribution in [1.29, 1.82) is 5.26 Å². The Hall–Kier alpha value is -1.56. The van der Waals surface area contributed by atoms with Crippen LogP contribution in [-0.4, -0.2) is 10.9 Å². The highest BCUT2D eigenvalue weighted by atomic mass is 15.3. The second-order valence-electron chi connectivity index (χ2n) is 3.23. The largest absolute Gasteiger partial charge is 0.249 e. The van der Waals surface area contributed by atoms with Crippen LogP contribution < -0.4 is 0 Å². The molecule has 0 bridgehead atoms. The Balaban J connectivity index is 2.62. The summed E-state index contributed by atoms with van der Waals surface area (Å²) in [4.78, 5) is 0. The molecule has 0 radical (unpaired) electrons. The van der Waals surface area contributed by atoms with E-state index in [0.717, 1.165) is 0 Å². The summed E-state index contributed by atoms with van der Waals surface area (Å²) in [7, 11) is 0. The van der Waals surface area contributed by atoms with Gasteiger partial charge in [0.05, 0.1) is 12.0 Å². The van der Waals surface area contributed by atoms with Gasteiger partial charge in [-0.05, 0) is 18.1 Å². The Labute approximate surface area is 78.3 Å². The zero-order valence-corrected chi connectivity index (χ0v) is 7.88. The van der Waals surface area contributed by atoms with Gasteiger partial charge in [0.1, 0.15) is 0 Å². The predicted octanol–water partition coefficient (Wildman–Crippen LogP) is 2.12. The average Bonchev–Trinajstić information content (AvgIpc) is 2.57. The summed E-state index contributed by atoms with van der Waals surface area (Å²) in [5.41, 5.74) is 0. The molecule has 3 heteroatoms. The van der Waals surface area contributed by atoms with Gasteiger partial charge < -0.3 is 0 Å². The maximum Gasteiger partial charge on any atom is 0.0856 e. The molecule has 0 aliphatic heterocycles. The molecule has 1 atom stereocenters. The van der Waals surface area contributed by atoms with Gasteiger partial charge in [-0.15, -0.1) is 0 Å². The van der Waals surface area contributed by atoms with Gasteiger partial charge >= 0.3 is 0 Å². The summed E-state index contributed by atoms with van der Waals surface area (Å²) in [6, 6.07) is 6.00. The average molecular weight is 175 g/mol. The lowest BCUT2D eigenvalue weighted by molar-refractivity contribution is 0.591. The van der Waals surface area contributed by atoms with E-state index < -0.39 is 0 Å². The zero-order chi connectivity index (χ0) is 9.68. The lowest BCUT2D eigenvalue weighted by Gasteiger charge is -2.05. The SMILES string of the molecule is CC(C)C(C#N)/C=N/n1cccc1. The van der Waals surface area contributed by atoms with E-state index in [1.807, 2.05) is 38.4 Å². The van der Waals surface area contributed by atoms with Crippen LogP contribution in [0.5, 0.6) is 0 Å². The summed E-state index contributed by atoms with van der Waals surface area (Å²) in [6.45, 7) is 4.02. The lowest BCUT2D eigenvalue weighted by Crippen LogP contribution is -2.07. The lowest BCUT2D eigenvalue weighted by atomic mass is 9.99. The Morgan fingerprint density at radius 2 is 2.00 bits per heavy atom. The first-order valence-electron chi connectivity index (χ1n) is 4.31. The van der Waals surface area contributed by atoms with E-state index in [2.05, 4.69) is 11.2 Å². The summed E-state index contributed by atoms with van der Waals surface area (Å²) in [5.74, 6) is 0.201.